The molecule has 0 saturated carbocycles. The number of nitrogens with zero attached hydrogens (tertiary/aromatic N) is 1. The number of ether oxygens (including phenoxy) is 3. The number of anilines is 1. The van der Waals surface area contributed by atoms with Crippen molar-refractivity contribution in [3.05, 3.63) is 59.2 Å². The zero-order valence-electron chi connectivity index (χ0n) is 19.3. The number of rotatable bonds is 9. The fourth-order valence-electron chi connectivity index (χ4n) is 3.38. The summed E-state index contributed by atoms with van der Waals surface area (Å²) >= 11 is 0. The van der Waals surface area contributed by atoms with Crippen molar-refractivity contribution >= 4 is 29.9 Å². The Kier molecular flexibility index (Phi) is 9.02. The van der Waals surface area contributed by atoms with E-state index >= 15 is 0 Å². The molecule has 2 N–H and O–H groups in total. The standard InChI is InChI=1S/C25H29N3O6/c1-3-13-33-25(31)28-26-16-17-5-7-18(8-6-17)24(30)27-20-10-12-22-19(14-20)9-11-21(34-22)15-23(29)32-4-2/h5-8,10,12,14,16,21H,3-4,9,11,13,15H2,1-2H3,(H,27,30)(H,28,31). The van der Waals surface area contributed by atoms with Crippen molar-refractivity contribution in [2.24, 2.45) is 5.10 Å². The predicted molar refractivity (Wildman–Crippen MR) is 127 cm³/mol. The van der Waals surface area contributed by atoms with E-state index in [4.69, 9.17) is 14.2 Å². The number of carbonyl (C=O) groups excluding carboxylic acids is 3. The van der Waals surface area contributed by atoms with Gasteiger partial charge < -0.3 is 19.5 Å². The molecule has 1 aliphatic heterocycles. The normalized spacial score (nSPS) is 14.6. The van der Waals surface area contributed by atoms with Crippen molar-refractivity contribution in [1.29, 1.82) is 0 Å². The Balaban J connectivity index is 1.53. The molecule has 2 aromatic rings. The second-order valence-corrected chi connectivity index (χ2v) is 7.69. The van der Waals surface area contributed by atoms with Crippen LogP contribution in [0.25, 0.3) is 0 Å². The van der Waals surface area contributed by atoms with E-state index in [1.54, 1.807) is 43.3 Å². The van der Waals surface area contributed by atoms with Crippen LogP contribution >= 0.6 is 0 Å². The summed E-state index contributed by atoms with van der Waals surface area (Å²) in [7, 11) is 0. The molecule has 180 valence electrons. The predicted octanol–water partition coefficient (Wildman–Crippen LogP) is 4.06. The fraction of sp³-hybridized carbons (Fsp3) is 0.360. The summed E-state index contributed by atoms with van der Waals surface area (Å²) in [6.07, 6.45) is 3.07. The average Bonchev–Trinajstić information content (AvgIpc) is 2.83. The third-order valence-corrected chi connectivity index (χ3v) is 5.03. The second kappa shape index (κ2) is 12.4. The highest BCUT2D eigenvalue weighted by molar-refractivity contribution is 6.04. The van der Waals surface area contributed by atoms with E-state index in [9.17, 15) is 14.4 Å². The minimum Gasteiger partial charge on any atom is -0.490 e. The number of esters is 1. The van der Waals surface area contributed by atoms with Crippen LogP contribution in [-0.4, -0.2) is 43.5 Å². The summed E-state index contributed by atoms with van der Waals surface area (Å²) in [6, 6.07) is 12.3. The maximum absolute atomic E-state index is 12.6. The number of fused-ring (bicyclic) bond motifs is 1. The van der Waals surface area contributed by atoms with Gasteiger partial charge in [-0.05, 0) is 67.6 Å². The monoisotopic (exact) mass is 467 g/mol. The molecular weight excluding hydrogens is 438 g/mol. The summed E-state index contributed by atoms with van der Waals surface area (Å²) < 4.78 is 15.8. The number of hydrogen-bond donors (Lipinski definition) is 2. The first-order chi connectivity index (χ1) is 16.5. The van der Waals surface area contributed by atoms with Crippen LogP contribution in [0.1, 0.15) is 54.6 Å². The Morgan fingerprint density at radius 2 is 1.91 bits per heavy atom. The van der Waals surface area contributed by atoms with Gasteiger partial charge in [0, 0.05) is 11.3 Å². The van der Waals surface area contributed by atoms with E-state index in [0.29, 0.717) is 30.9 Å². The first-order valence-corrected chi connectivity index (χ1v) is 11.3. The van der Waals surface area contributed by atoms with Crippen molar-refractivity contribution < 1.29 is 28.6 Å². The van der Waals surface area contributed by atoms with E-state index in [0.717, 1.165) is 29.7 Å². The number of amides is 2. The zero-order chi connectivity index (χ0) is 24.3. The van der Waals surface area contributed by atoms with Gasteiger partial charge in [0.05, 0.1) is 25.8 Å². The number of hydrazone groups is 1. The van der Waals surface area contributed by atoms with E-state index < -0.39 is 6.09 Å². The highest BCUT2D eigenvalue weighted by Crippen LogP contribution is 2.31. The van der Waals surface area contributed by atoms with Crippen LogP contribution in [0.2, 0.25) is 0 Å². The topological polar surface area (TPSA) is 115 Å². The van der Waals surface area contributed by atoms with Crippen LogP contribution in [0.15, 0.2) is 47.6 Å². The van der Waals surface area contributed by atoms with Gasteiger partial charge in [-0.25, -0.2) is 10.2 Å². The van der Waals surface area contributed by atoms with Crippen LogP contribution < -0.4 is 15.5 Å². The molecule has 0 saturated heterocycles. The molecule has 1 aliphatic rings. The zero-order valence-corrected chi connectivity index (χ0v) is 19.3. The van der Waals surface area contributed by atoms with E-state index in [2.05, 4.69) is 15.8 Å². The lowest BCUT2D eigenvalue weighted by Crippen LogP contribution is -2.26. The van der Waals surface area contributed by atoms with Gasteiger partial charge in [-0.3, -0.25) is 9.59 Å². The number of aryl methyl sites for hydroxylation is 1. The molecule has 1 unspecified atom stereocenters. The molecule has 2 aromatic carbocycles. The molecule has 0 aliphatic carbocycles. The lowest BCUT2D eigenvalue weighted by atomic mass is 10.00. The second-order valence-electron chi connectivity index (χ2n) is 7.69. The molecule has 3 rings (SSSR count). The van der Waals surface area contributed by atoms with Crippen LogP contribution in [-0.2, 0) is 20.7 Å². The third kappa shape index (κ3) is 7.33. The Labute approximate surface area is 198 Å². The molecular formula is C25H29N3O6. The molecule has 1 atom stereocenters. The minimum atomic E-state index is -0.612. The summed E-state index contributed by atoms with van der Waals surface area (Å²) in [4.78, 5) is 35.7. The van der Waals surface area contributed by atoms with Gasteiger partial charge >= 0.3 is 12.1 Å². The van der Waals surface area contributed by atoms with Crippen molar-refractivity contribution in [3.63, 3.8) is 0 Å². The molecule has 0 fully saturated rings. The van der Waals surface area contributed by atoms with E-state index in [1.165, 1.54) is 6.21 Å². The van der Waals surface area contributed by atoms with Gasteiger partial charge in [-0.1, -0.05) is 19.1 Å². The van der Waals surface area contributed by atoms with Crippen molar-refractivity contribution in [3.8, 4) is 5.75 Å². The molecule has 1 heterocycles. The van der Waals surface area contributed by atoms with Gasteiger partial charge in [0.1, 0.15) is 11.9 Å². The van der Waals surface area contributed by atoms with Gasteiger partial charge in [0.15, 0.2) is 0 Å². The molecule has 34 heavy (non-hydrogen) atoms. The van der Waals surface area contributed by atoms with Gasteiger partial charge in [0.25, 0.3) is 5.91 Å². The molecule has 9 heteroatoms. The number of carbonyl (C=O) groups is 3. The third-order valence-electron chi connectivity index (χ3n) is 5.03. The van der Waals surface area contributed by atoms with E-state index in [-0.39, 0.29) is 24.4 Å². The SMILES string of the molecule is CCCOC(=O)NN=Cc1ccc(C(=O)Nc2ccc3c(c2)CCC(CC(=O)OCC)O3)cc1. The van der Waals surface area contributed by atoms with Crippen LogP contribution in [0.4, 0.5) is 10.5 Å². The summed E-state index contributed by atoms with van der Waals surface area (Å²) in [6.45, 7) is 4.37. The summed E-state index contributed by atoms with van der Waals surface area (Å²) in [5.41, 5.74) is 5.12. The number of nitrogens with one attached hydrogen (secondary N) is 2. The Morgan fingerprint density at radius 1 is 1.12 bits per heavy atom. The number of hydrogen-bond acceptors (Lipinski definition) is 7. The average molecular weight is 468 g/mol. The van der Waals surface area contributed by atoms with Gasteiger partial charge in [0.2, 0.25) is 0 Å². The molecule has 0 aromatic heterocycles. The van der Waals surface area contributed by atoms with Gasteiger partial charge in [-0.2, -0.15) is 5.10 Å². The highest BCUT2D eigenvalue weighted by Gasteiger charge is 2.23. The van der Waals surface area contributed by atoms with Gasteiger partial charge in [-0.15, -0.1) is 0 Å². The fourth-order valence-corrected chi connectivity index (χ4v) is 3.38. The largest absolute Gasteiger partial charge is 0.490 e. The van der Waals surface area contributed by atoms with Crippen molar-refractivity contribution in [2.45, 2.75) is 45.6 Å². The summed E-state index contributed by atoms with van der Waals surface area (Å²) in [5, 5.41) is 6.71. The Morgan fingerprint density at radius 3 is 2.65 bits per heavy atom. The maximum Gasteiger partial charge on any atom is 0.427 e. The molecule has 0 bridgehead atoms. The number of benzene rings is 2. The minimum absolute atomic E-state index is 0.203. The Hall–Kier alpha value is -3.88. The maximum atomic E-state index is 12.6. The smallest absolute Gasteiger partial charge is 0.427 e. The van der Waals surface area contributed by atoms with Crippen molar-refractivity contribution in [2.75, 3.05) is 18.5 Å². The van der Waals surface area contributed by atoms with Crippen molar-refractivity contribution in [1.82, 2.24) is 5.43 Å². The first-order valence-electron chi connectivity index (χ1n) is 11.3. The molecule has 9 nitrogen and oxygen atoms in total. The van der Waals surface area contributed by atoms with Crippen LogP contribution in [0.5, 0.6) is 5.75 Å². The van der Waals surface area contributed by atoms with Crippen LogP contribution in [0.3, 0.4) is 0 Å². The highest BCUT2D eigenvalue weighted by atomic mass is 16.6. The van der Waals surface area contributed by atoms with Crippen LogP contribution in [0, 0.1) is 0 Å². The molecule has 2 amide bonds. The quantitative estimate of drug-likeness (QED) is 0.327. The first kappa shape index (κ1) is 24.8. The van der Waals surface area contributed by atoms with E-state index in [1.807, 2.05) is 13.0 Å². The lowest BCUT2D eigenvalue weighted by Gasteiger charge is -2.26. The molecule has 0 radical (unpaired) electrons. The molecule has 0 spiro atoms. The summed E-state index contributed by atoms with van der Waals surface area (Å²) in [5.74, 6) is 0.207. The lowest BCUT2D eigenvalue weighted by molar-refractivity contribution is -0.145. The Bertz CT molecular complexity index is 1040.